The summed E-state index contributed by atoms with van der Waals surface area (Å²) >= 11 is 12.2. The van der Waals surface area contributed by atoms with E-state index in [0.717, 1.165) is 38.2 Å². The Morgan fingerprint density at radius 2 is 1.89 bits per heavy atom. The van der Waals surface area contributed by atoms with E-state index in [4.69, 9.17) is 28.3 Å². The number of aliphatic carboxylic acids is 1. The number of rotatable bonds is 4. The molecule has 0 atom stereocenters. The van der Waals surface area contributed by atoms with E-state index in [2.05, 4.69) is 28.0 Å². The fraction of sp³-hybridized carbons (Fsp3) is 0.381. The van der Waals surface area contributed by atoms with Crippen LogP contribution < -0.4 is 4.90 Å². The van der Waals surface area contributed by atoms with Gasteiger partial charge in [-0.2, -0.15) is 0 Å². The fourth-order valence-electron chi connectivity index (χ4n) is 3.93. The van der Waals surface area contributed by atoms with Crippen LogP contribution in [0.2, 0.25) is 10.0 Å². The number of hydrogen-bond donors (Lipinski definition) is 1. The van der Waals surface area contributed by atoms with E-state index in [1.54, 1.807) is 0 Å². The predicted molar refractivity (Wildman–Crippen MR) is 109 cm³/mol. The third kappa shape index (κ3) is 4.08. The minimum absolute atomic E-state index is 0.203. The minimum atomic E-state index is -0.685. The standard InChI is InChI=1S/C21H22Cl2N2O2/c22-19-6-5-18(9-20(19)23)25-7-1-2-15-8-14(3-4-16(15)13-25)10-24-11-17(12-24)21(26)27/h3-6,8-9,17H,1-2,7,10-13H2,(H,26,27). The van der Waals surface area contributed by atoms with Gasteiger partial charge in [-0.1, -0.05) is 41.4 Å². The van der Waals surface area contributed by atoms with Gasteiger partial charge >= 0.3 is 5.97 Å². The average Bonchev–Trinajstić information content (AvgIpc) is 2.81. The highest BCUT2D eigenvalue weighted by Crippen LogP contribution is 2.30. The second kappa shape index (κ2) is 7.70. The van der Waals surface area contributed by atoms with Crippen molar-refractivity contribution in [3.63, 3.8) is 0 Å². The molecule has 142 valence electrons. The molecule has 0 amide bonds. The van der Waals surface area contributed by atoms with Crippen LogP contribution in [0, 0.1) is 5.92 Å². The van der Waals surface area contributed by atoms with Crippen LogP contribution in [0.4, 0.5) is 5.69 Å². The molecular weight excluding hydrogens is 383 g/mol. The molecule has 0 spiro atoms. The first-order chi connectivity index (χ1) is 13.0. The number of benzene rings is 2. The lowest BCUT2D eigenvalue weighted by molar-refractivity contribution is -0.147. The number of anilines is 1. The van der Waals surface area contributed by atoms with Crippen molar-refractivity contribution >= 4 is 34.9 Å². The molecule has 4 nitrogen and oxygen atoms in total. The van der Waals surface area contributed by atoms with Crippen LogP contribution in [0.1, 0.15) is 23.1 Å². The highest BCUT2D eigenvalue weighted by atomic mass is 35.5. The topological polar surface area (TPSA) is 43.8 Å². The Hall–Kier alpha value is -1.75. The largest absolute Gasteiger partial charge is 0.481 e. The lowest BCUT2D eigenvalue weighted by Gasteiger charge is -2.36. The molecular formula is C21H22Cl2N2O2. The summed E-state index contributed by atoms with van der Waals surface area (Å²) in [4.78, 5) is 15.5. The van der Waals surface area contributed by atoms with E-state index < -0.39 is 5.97 Å². The van der Waals surface area contributed by atoms with E-state index in [0.29, 0.717) is 23.1 Å². The van der Waals surface area contributed by atoms with E-state index in [-0.39, 0.29) is 5.92 Å². The number of aryl methyl sites for hydroxylation is 1. The van der Waals surface area contributed by atoms with Crippen molar-refractivity contribution in [1.29, 1.82) is 0 Å². The second-order valence-electron chi connectivity index (χ2n) is 7.46. The summed E-state index contributed by atoms with van der Waals surface area (Å²) in [6, 6.07) is 12.5. The number of carboxylic acid groups (broad SMARTS) is 1. The number of halogens is 2. The first-order valence-electron chi connectivity index (χ1n) is 9.25. The third-order valence-electron chi connectivity index (χ3n) is 5.49. The van der Waals surface area contributed by atoms with Gasteiger partial charge in [0.2, 0.25) is 0 Å². The molecule has 2 aromatic rings. The van der Waals surface area contributed by atoms with Crippen molar-refractivity contribution in [2.75, 3.05) is 24.5 Å². The lowest BCUT2D eigenvalue weighted by Crippen LogP contribution is -2.49. The third-order valence-corrected chi connectivity index (χ3v) is 6.23. The molecule has 1 N–H and O–H groups in total. The Labute approximate surface area is 169 Å². The summed E-state index contributed by atoms with van der Waals surface area (Å²) in [6.07, 6.45) is 2.14. The van der Waals surface area contributed by atoms with Crippen LogP contribution in [0.5, 0.6) is 0 Å². The van der Waals surface area contributed by atoms with E-state index >= 15 is 0 Å². The van der Waals surface area contributed by atoms with Crippen molar-refractivity contribution in [2.45, 2.75) is 25.9 Å². The van der Waals surface area contributed by atoms with E-state index in [9.17, 15) is 4.79 Å². The first kappa shape index (κ1) is 18.6. The highest BCUT2D eigenvalue weighted by molar-refractivity contribution is 6.42. The van der Waals surface area contributed by atoms with Crippen LogP contribution in [0.25, 0.3) is 0 Å². The predicted octanol–water partition coefficient (Wildman–Crippen LogP) is 4.46. The van der Waals surface area contributed by atoms with Gasteiger partial charge in [0.05, 0.1) is 16.0 Å². The Kier molecular flexibility index (Phi) is 5.31. The van der Waals surface area contributed by atoms with Crippen molar-refractivity contribution in [1.82, 2.24) is 4.90 Å². The van der Waals surface area contributed by atoms with Crippen molar-refractivity contribution in [3.05, 3.63) is 63.1 Å². The van der Waals surface area contributed by atoms with Gasteiger partial charge in [-0.25, -0.2) is 0 Å². The summed E-state index contributed by atoms with van der Waals surface area (Å²) in [5, 5.41) is 10.2. The Balaban J connectivity index is 1.46. The van der Waals surface area contributed by atoms with Crippen molar-refractivity contribution < 1.29 is 9.90 Å². The Bertz CT molecular complexity index is 865. The van der Waals surface area contributed by atoms with Crippen LogP contribution >= 0.6 is 23.2 Å². The molecule has 2 aromatic carbocycles. The molecule has 2 heterocycles. The summed E-state index contributed by atoms with van der Waals surface area (Å²) in [5.41, 5.74) is 5.10. The number of nitrogens with zero attached hydrogens (tertiary/aromatic N) is 2. The molecule has 0 unspecified atom stereocenters. The average molecular weight is 405 g/mol. The molecule has 0 radical (unpaired) electrons. The van der Waals surface area contributed by atoms with Gasteiger partial charge in [0, 0.05) is 38.4 Å². The molecule has 27 heavy (non-hydrogen) atoms. The number of carbonyl (C=O) groups is 1. The van der Waals surface area contributed by atoms with Gasteiger partial charge in [0.1, 0.15) is 0 Å². The normalized spacial score (nSPS) is 17.9. The van der Waals surface area contributed by atoms with Crippen LogP contribution in [0.3, 0.4) is 0 Å². The lowest BCUT2D eigenvalue weighted by atomic mass is 9.97. The van der Waals surface area contributed by atoms with Gasteiger partial charge in [-0.15, -0.1) is 0 Å². The zero-order chi connectivity index (χ0) is 19.0. The van der Waals surface area contributed by atoms with Crippen LogP contribution in [-0.4, -0.2) is 35.6 Å². The van der Waals surface area contributed by atoms with Crippen LogP contribution in [-0.2, 0) is 24.3 Å². The minimum Gasteiger partial charge on any atom is -0.481 e. The van der Waals surface area contributed by atoms with Gasteiger partial charge in [-0.05, 0) is 47.7 Å². The highest BCUT2D eigenvalue weighted by Gasteiger charge is 2.32. The number of fused-ring (bicyclic) bond motifs is 1. The summed E-state index contributed by atoms with van der Waals surface area (Å²) in [5.74, 6) is -0.888. The maximum absolute atomic E-state index is 10.9. The number of likely N-dealkylation sites (tertiary alicyclic amines) is 1. The molecule has 2 aliphatic heterocycles. The quantitative estimate of drug-likeness (QED) is 0.816. The molecule has 1 fully saturated rings. The first-order valence-corrected chi connectivity index (χ1v) is 10.0. The summed E-state index contributed by atoms with van der Waals surface area (Å²) in [7, 11) is 0. The van der Waals surface area contributed by atoms with E-state index in [1.807, 2.05) is 18.2 Å². The van der Waals surface area contributed by atoms with Crippen molar-refractivity contribution in [3.8, 4) is 0 Å². The molecule has 2 aliphatic rings. The van der Waals surface area contributed by atoms with Gasteiger partial charge in [0.25, 0.3) is 0 Å². The molecule has 6 heteroatoms. The monoisotopic (exact) mass is 404 g/mol. The Morgan fingerprint density at radius 1 is 1.07 bits per heavy atom. The molecule has 0 aromatic heterocycles. The maximum Gasteiger partial charge on any atom is 0.309 e. The molecule has 0 aliphatic carbocycles. The van der Waals surface area contributed by atoms with Gasteiger partial charge in [0.15, 0.2) is 0 Å². The number of carboxylic acids is 1. The zero-order valence-corrected chi connectivity index (χ0v) is 16.5. The summed E-state index contributed by atoms with van der Waals surface area (Å²) < 4.78 is 0. The molecule has 1 saturated heterocycles. The van der Waals surface area contributed by atoms with Crippen molar-refractivity contribution in [2.24, 2.45) is 5.92 Å². The van der Waals surface area contributed by atoms with Gasteiger partial charge < -0.3 is 10.0 Å². The van der Waals surface area contributed by atoms with Gasteiger partial charge in [-0.3, -0.25) is 9.69 Å². The second-order valence-corrected chi connectivity index (χ2v) is 8.27. The molecule has 0 bridgehead atoms. The van der Waals surface area contributed by atoms with Crippen LogP contribution in [0.15, 0.2) is 36.4 Å². The SMILES string of the molecule is O=C(O)C1CN(Cc2ccc3c(c2)CCCN(c2ccc(Cl)c(Cl)c2)C3)C1. The smallest absolute Gasteiger partial charge is 0.309 e. The van der Waals surface area contributed by atoms with E-state index in [1.165, 1.54) is 16.7 Å². The fourth-order valence-corrected chi connectivity index (χ4v) is 4.22. The molecule has 4 rings (SSSR count). The molecule has 0 saturated carbocycles. The zero-order valence-electron chi connectivity index (χ0n) is 15.0. The maximum atomic E-state index is 10.9. The number of hydrogen-bond acceptors (Lipinski definition) is 3. The summed E-state index contributed by atoms with van der Waals surface area (Å²) in [6.45, 7) is 3.97. The Morgan fingerprint density at radius 3 is 2.63 bits per heavy atom.